The Morgan fingerprint density at radius 3 is 2.25 bits per heavy atom. The van der Waals surface area contributed by atoms with Gasteiger partial charge in [-0.15, -0.1) is 0 Å². The molecule has 0 saturated heterocycles. The van der Waals surface area contributed by atoms with Crippen LogP contribution in [0, 0.1) is 5.92 Å². The summed E-state index contributed by atoms with van der Waals surface area (Å²) < 4.78 is 5.10. The molecule has 0 aliphatic heterocycles. The molecule has 1 atom stereocenters. The van der Waals surface area contributed by atoms with E-state index in [2.05, 4.69) is 0 Å². The van der Waals surface area contributed by atoms with Gasteiger partial charge in [0.2, 0.25) is 0 Å². The summed E-state index contributed by atoms with van der Waals surface area (Å²) in [6.45, 7) is 4.68. The number of ether oxygens (including phenoxy) is 1. The van der Waals surface area contributed by atoms with E-state index in [1.165, 1.54) is 0 Å². The Kier molecular flexibility index (Phi) is 4.62. The van der Waals surface area contributed by atoms with Crippen molar-refractivity contribution in [1.82, 2.24) is 0 Å². The molecule has 0 saturated carbocycles. The summed E-state index contributed by atoms with van der Waals surface area (Å²) in [4.78, 5) is 2.05. The molecular weight excluding hydrogens is 202 g/mol. The maximum atomic E-state index is 9.79. The number of likely N-dealkylation sites (N-methyl/N-ethyl adjacent to an activating group) is 1. The van der Waals surface area contributed by atoms with Gasteiger partial charge in [-0.3, -0.25) is 0 Å². The Balaban J connectivity index is 2.62. The summed E-state index contributed by atoms with van der Waals surface area (Å²) in [5.41, 5.74) is 1.08. The van der Waals surface area contributed by atoms with E-state index >= 15 is 0 Å². The summed E-state index contributed by atoms with van der Waals surface area (Å²) in [5.74, 6) is 1.13. The lowest BCUT2D eigenvalue weighted by Gasteiger charge is -2.24. The van der Waals surface area contributed by atoms with Crippen LogP contribution in [0.15, 0.2) is 24.3 Å². The lowest BCUT2D eigenvalue weighted by molar-refractivity contribution is 0.132. The van der Waals surface area contributed by atoms with Gasteiger partial charge in [0.15, 0.2) is 0 Å². The summed E-state index contributed by atoms with van der Waals surface area (Å²) in [6.07, 6.45) is -0.299. The average Bonchev–Trinajstić information content (AvgIpc) is 2.28. The molecular formula is C13H21NO2. The SMILES string of the molecule is COc1ccc(N(C)CC(O)C(C)C)cc1. The van der Waals surface area contributed by atoms with E-state index in [-0.39, 0.29) is 12.0 Å². The van der Waals surface area contributed by atoms with Gasteiger partial charge in [-0.05, 0) is 30.2 Å². The Bertz CT molecular complexity index is 308. The highest BCUT2D eigenvalue weighted by Crippen LogP contribution is 2.18. The van der Waals surface area contributed by atoms with Gasteiger partial charge in [0.1, 0.15) is 5.75 Å². The van der Waals surface area contributed by atoms with E-state index < -0.39 is 0 Å². The van der Waals surface area contributed by atoms with Crippen molar-refractivity contribution >= 4 is 5.69 Å². The number of hydrogen-bond donors (Lipinski definition) is 1. The lowest BCUT2D eigenvalue weighted by atomic mass is 10.1. The molecule has 0 aliphatic rings. The zero-order valence-corrected chi connectivity index (χ0v) is 10.5. The Morgan fingerprint density at radius 2 is 1.81 bits per heavy atom. The molecule has 0 amide bonds. The molecule has 16 heavy (non-hydrogen) atoms. The van der Waals surface area contributed by atoms with Crippen molar-refractivity contribution in [3.8, 4) is 5.75 Å². The Hall–Kier alpha value is -1.22. The van der Waals surface area contributed by atoms with Crippen LogP contribution in [0.1, 0.15) is 13.8 Å². The van der Waals surface area contributed by atoms with Gasteiger partial charge >= 0.3 is 0 Å². The topological polar surface area (TPSA) is 32.7 Å². The van der Waals surface area contributed by atoms with E-state index in [0.717, 1.165) is 11.4 Å². The summed E-state index contributed by atoms with van der Waals surface area (Å²) in [5, 5.41) is 9.79. The van der Waals surface area contributed by atoms with Crippen LogP contribution >= 0.6 is 0 Å². The maximum Gasteiger partial charge on any atom is 0.119 e. The van der Waals surface area contributed by atoms with E-state index in [1.54, 1.807) is 7.11 Å². The molecule has 90 valence electrons. The fourth-order valence-corrected chi connectivity index (χ4v) is 1.43. The third-order valence-corrected chi connectivity index (χ3v) is 2.74. The summed E-state index contributed by atoms with van der Waals surface area (Å²) in [6, 6.07) is 7.83. The first-order valence-corrected chi connectivity index (χ1v) is 5.58. The first-order valence-electron chi connectivity index (χ1n) is 5.58. The van der Waals surface area contributed by atoms with Gasteiger partial charge in [-0.2, -0.15) is 0 Å². The highest BCUT2D eigenvalue weighted by atomic mass is 16.5. The van der Waals surface area contributed by atoms with Gasteiger partial charge < -0.3 is 14.7 Å². The predicted molar refractivity (Wildman–Crippen MR) is 67.1 cm³/mol. The number of hydrogen-bond acceptors (Lipinski definition) is 3. The van der Waals surface area contributed by atoms with Crippen LogP contribution in [0.3, 0.4) is 0 Å². The van der Waals surface area contributed by atoms with Crippen LogP contribution in [0.25, 0.3) is 0 Å². The van der Waals surface area contributed by atoms with E-state index in [9.17, 15) is 5.11 Å². The molecule has 0 spiro atoms. The second kappa shape index (κ2) is 5.75. The Morgan fingerprint density at radius 1 is 1.25 bits per heavy atom. The van der Waals surface area contributed by atoms with Gasteiger partial charge in [-0.25, -0.2) is 0 Å². The van der Waals surface area contributed by atoms with Crippen molar-refractivity contribution in [2.45, 2.75) is 20.0 Å². The van der Waals surface area contributed by atoms with Crippen molar-refractivity contribution in [1.29, 1.82) is 0 Å². The van der Waals surface area contributed by atoms with Crippen LogP contribution in [-0.4, -0.2) is 31.9 Å². The molecule has 1 rings (SSSR count). The summed E-state index contributed by atoms with van der Waals surface area (Å²) in [7, 11) is 3.63. The first kappa shape index (κ1) is 12.8. The number of methoxy groups -OCH3 is 1. The fraction of sp³-hybridized carbons (Fsp3) is 0.538. The number of rotatable bonds is 5. The number of aliphatic hydroxyl groups excluding tert-OH is 1. The van der Waals surface area contributed by atoms with Gasteiger partial charge in [0, 0.05) is 19.3 Å². The second-order valence-electron chi connectivity index (χ2n) is 4.39. The van der Waals surface area contributed by atoms with E-state index in [0.29, 0.717) is 6.54 Å². The molecule has 3 nitrogen and oxygen atoms in total. The molecule has 0 aliphatic carbocycles. The molecule has 1 unspecified atom stereocenters. The monoisotopic (exact) mass is 223 g/mol. The zero-order chi connectivity index (χ0) is 12.1. The van der Waals surface area contributed by atoms with Crippen LogP contribution < -0.4 is 9.64 Å². The molecule has 0 bridgehead atoms. The minimum Gasteiger partial charge on any atom is -0.497 e. The van der Waals surface area contributed by atoms with Crippen LogP contribution in [0.4, 0.5) is 5.69 Å². The minimum absolute atomic E-state index is 0.278. The first-order chi connectivity index (χ1) is 7.54. The quantitative estimate of drug-likeness (QED) is 0.830. The van der Waals surface area contributed by atoms with Gasteiger partial charge in [0.25, 0.3) is 0 Å². The van der Waals surface area contributed by atoms with Crippen LogP contribution in [-0.2, 0) is 0 Å². The zero-order valence-electron chi connectivity index (χ0n) is 10.5. The Labute approximate surface area is 97.7 Å². The number of anilines is 1. The standard InChI is InChI=1S/C13H21NO2/c1-10(2)13(15)9-14(3)11-5-7-12(16-4)8-6-11/h5-8,10,13,15H,9H2,1-4H3. The molecule has 0 aromatic heterocycles. The van der Waals surface area contributed by atoms with Crippen molar-refractivity contribution in [3.05, 3.63) is 24.3 Å². The van der Waals surface area contributed by atoms with Gasteiger partial charge in [0.05, 0.1) is 13.2 Å². The molecule has 1 N–H and O–H groups in total. The van der Waals surface area contributed by atoms with Crippen LogP contribution in [0.2, 0.25) is 0 Å². The molecule has 0 heterocycles. The average molecular weight is 223 g/mol. The number of nitrogens with zero attached hydrogens (tertiary/aromatic N) is 1. The third-order valence-electron chi connectivity index (χ3n) is 2.74. The van der Waals surface area contributed by atoms with Crippen molar-refractivity contribution in [3.63, 3.8) is 0 Å². The minimum atomic E-state index is -0.299. The second-order valence-corrected chi connectivity index (χ2v) is 4.39. The molecule has 1 aromatic rings. The van der Waals surface area contributed by atoms with Crippen molar-refractivity contribution in [2.75, 3.05) is 25.6 Å². The largest absolute Gasteiger partial charge is 0.497 e. The molecule has 0 fully saturated rings. The lowest BCUT2D eigenvalue weighted by Crippen LogP contribution is -2.32. The molecule has 3 heteroatoms. The highest BCUT2D eigenvalue weighted by molar-refractivity contribution is 5.48. The number of benzene rings is 1. The maximum absolute atomic E-state index is 9.79. The highest BCUT2D eigenvalue weighted by Gasteiger charge is 2.12. The smallest absolute Gasteiger partial charge is 0.119 e. The van der Waals surface area contributed by atoms with Crippen molar-refractivity contribution < 1.29 is 9.84 Å². The van der Waals surface area contributed by atoms with Gasteiger partial charge in [-0.1, -0.05) is 13.8 Å². The van der Waals surface area contributed by atoms with Crippen molar-refractivity contribution in [2.24, 2.45) is 5.92 Å². The summed E-state index contributed by atoms with van der Waals surface area (Å²) >= 11 is 0. The fourth-order valence-electron chi connectivity index (χ4n) is 1.43. The predicted octanol–water partition coefficient (Wildman–Crippen LogP) is 2.15. The third kappa shape index (κ3) is 3.42. The normalized spacial score (nSPS) is 12.6. The number of aliphatic hydroxyl groups is 1. The molecule has 1 aromatic carbocycles. The molecule has 0 radical (unpaired) electrons. The van der Waals surface area contributed by atoms with Crippen LogP contribution in [0.5, 0.6) is 5.75 Å². The van der Waals surface area contributed by atoms with E-state index in [4.69, 9.17) is 4.74 Å². The van der Waals surface area contributed by atoms with E-state index in [1.807, 2.05) is 50.1 Å².